The van der Waals surface area contributed by atoms with Crippen molar-refractivity contribution in [2.75, 3.05) is 13.2 Å². The molecular weight excluding hydrogens is 236 g/mol. The maximum absolute atomic E-state index is 11.9. The summed E-state index contributed by atoms with van der Waals surface area (Å²) in [4.78, 5) is 23.0. The van der Waals surface area contributed by atoms with Crippen LogP contribution in [0.1, 0.15) is 29.0 Å². The van der Waals surface area contributed by atoms with Gasteiger partial charge in [-0.25, -0.2) is 4.79 Å². The van der Waals surface area contributed by atoms with E-state index in [0.29, 0.717) is 12.2 Å². The third-order valence-electron chi connectivity index (χ3n) is 2.79. The van der Waals surface area contributed by atoms with E-state index < -0.39 is 6.03 Å². The van der Waals surface area contributed by atoms with Crippen molar-refractivity contribution in [1.29, 1.82) is 0 Å². The monoisotopic (exact) mass is 252 g/mol. The van der Waals surface area contributed by atoms with Crippen molar-refractivity contribution in [3.8, 4) is 0 Å². The average molecular weight is 252 g/mol. The molecule has 0 unspecified atom stereocenters. The summed E-state index contributed by atoms with van der Waals surface area (Å²) in [5.41, 5.74) is 5.86. The summed E-state index contributed by atoms with van der Waals surface area (Å²) in [5.74, 6) is -0.370. The first-order valence-corrected chi connectivity index (χ1v) is 5.84. The fourth-order valence-corrected chi connectivity index (χ4v) is 1.93. The van der Waals surface area contributed by atoms with E-state index >= 15 is 0 Å². The van der Waals surface area contributed by atoms with E-state index in [-0.39, 0.29) is 17.7 Å². The van der Waals surface area contributed by atoms with Crippen LogP contribution in [0, 0.1) is 6.92 Å². The Balaban J connectivity index is 2.01. The van der Waals surface area contributed by atoms with E-state index in [1.54, 1.807) is 6.92 Å². The number of hydrogen-bond donors (Lipinski definition) is 2. The Kier molecular flexibility index (Phi) is 3.61. The first kappa shape index (κ1) is 12.6. The predicted molar refractivity (Wildman–Crippen MR) is 63.3 cm³/mol. The topological polar surface area (TPSA) is 99.2 Å². The number of nitrogens with one attached hydrogen (secondary N) is 1. The molecule has 1 fully saturated rings. The van der Waals surface area contributed by atoms with Gasteiger partial charge in [0.05, 0.1) is 11.8 Å². The zero-order chi connectivity index (χ0) is 13.1. The number of hydrogen-bond acceptors (Lipinski definition) is 4. The summed E-state index contributed by atoms with van der Waals surface area (Å²) in [7, 11) is 0. The molecule has 1 atom stereocenters. The van der Waals surface area contributed by atoms with E-state index in [1.807, 2.05) is 0 Å². The van der Waals surface area contributed by atoms with Gasteiger partial charge in [-0.2, -0.15) is 9.78 Å². The quantitative estimate of drug-likeness (QED) is 0.792. The second-order valence-corrected chi connectivity index (χ2v) is 4.27. The third kappa shape index (κ3) is 2.67. The summed E-state index contributed by atoms with van der Waals surface area (Å²) in [6.45, 7) is 2.86. The van der Waals surface area contributed by atoms with Crippen molar-refractivity contribution in [2.45, 2.75) is 25.9 Å². The van der Waals surface area contributed by atoms with E-state index in [4.69, 9.17) is 10.5 Å². The zero-order valence-electron chi connectivity index (χ0n) is 10.2. The van der Waals surface area contributed by atoms with Gasteiger partial charge in [-0.3, -0.25) is 4.79 Å². The molecule has 0 aliphatic carbocycles. The van der Waals surface area contributed by atoms with Crippen LogP contribution in [0.15, 0.2) is 6.07 Å². The number of carbonyl (C=O) groups is 2. The third-order valence-corrected chi connectivity index (χ3v) is 2.79. The highest BCUT2D eigenvalue weighted by Gasteiger charge is 2.20. The fraction of sp³-hybridized carbons (Fsp3) is 0.545. The van der Waals surface area contributed by atoms with Crippen molar-refractivity contribution in [3.05, 3.63) is 17.5 Å². The molecule has 0 radical (unpaired) electrons. The number of carbonyl (C=O) groups excluding carboxylic acids is 2. The standard InChI is InChI=1S/C11H16N4O3/c1-7-5-9(15(14-7)11(12)17)10(16)13-6-8-3-2-4-18-8/h5,8H,2-4,6H2,1H3,(H2,12,17)(H,13,16)/t8-/m1/s1. The number of nitrogens with two attached hydrogens (primary N) is 1. The summed E-state index contributed by atoms with van der Waals surface area (Å²) in [5, 5.41) is 6.58. The molecule has 1 aliphatic heterocycles. The lowest BCUT2D eigenvalue weighted by molar-refractivity contribution is 0.0850. The molecule has 3 N–H and O–H groups in total. The molecule has 1 saturated heterocycles. The van der Waals surface area contributed by atoms with E-state index in [9.17, 15) is 9.59 Å². The Labute approximate surface area is 104 Å². The molecule has 7 nitrogen and oxygen atoms in total. The molecule has 98 valence electrons. The van der Waals surface area contributed by atoms with Crippen LogP contribution in [0.25, 0.3) is 0 Å². The second-order valence-electron chi connectivity index (χ2n) is 4.27. The number of primary amides is 1. The Morgan fingerprint density at radius 2 is 2.44 bits per heavy atom. The van der Waals surface area contributed by atoms with Crippen LogP contribution in [0.2, 0.25) is 0 Å². The Morgan fingerprint density at radius 3 is 3.06 bits per heavy atom. The number of ether oxygens (including phenoxy) is 1. The minimum absolute atomic E-state index is 0.0556. The number of nitrogens with zero attached hydrogens (tertiary/aromatic N) is 2. The van der Waals surface area contributed by atoms with Gasteiger partial charge >= 0.3 is 6.03 Å². The molecule has 2 amide bonds. The molecule has 7 heteroatoms. The van der Waals surface area contributed by atoms with Crippen LogP contribution in [0.3, 0.4) is 0 Å². The van der Waals surface area contributed by atoms with Crippen LogP contribution in [0.4, 0.5) is 4.79 Å². The van der Waals surface area contributed by atoms with Gasteiger partial charge in [0.2, 0.25) is 0 Å². The predicted octanol–water partition coefficient (Wildman–Crippen LogP) is 0.0271. The van der Waals surface area contributed by atoms with Crippen molar-refractivity contribution in [1.82, 2.24) is 15.1 Å². The largest absolute Gasteiger partial charge is 0.376 e. The lowest BCUT2D eigenvalue weighted by atomic mass is 10.2. The molecule has 0 spiro atoms. The van der Waals surface area contributed by atoms with Gasteiger partial charge in [0, 0.05) is 13.2 Å². The van der Waals surface area contributed by atoms with Gasteiger partial charge in [0.25, 0.3) is 5.91 Å². The molecule has 2 rings (SSSR count). The fourth-order valence-electron chi connectivity index (χ4n) is 1.93. The number of aryl methyl sites for hydroxylation is 1. The lowest BCUT2D eigenvalue weighted by Gasteiger charge is -2.10. The second kappa shape index (κ2) is 5.18. The van der Waals surface area contributed by atoms with Crippen LogP contribution in [-0.4, -0.2) is 41.0 Å². The highest BCUT2D eigenvalue weighted by atomic mass is 16.5. The normalized spacial score (nSPS) is 18.8. The minimum atomic E-state index is -0.773. The molecule has 0 aromatic carbocycles. The van der Waals surface area contributed by atoms with Crippen molar-refractivity contribution in [2.24, 2.45) is 5.73 Å². The van der Waals surface area contributed by atoms with Gasteiger partial charge in [0.1, 0.15) is 5.69 Å². The number of rotatable bonds is 3. The highest BCUT2D eigenvalue weighted by molar-refractivity contribution is 5.96. The van der Waals surface area contributed by atoms with E-state index in [1.165, 1.54) is 6.07 Å². The van der Waals surface area contributed by atoms with E-state index in [0.717, 1.165) is 24.1 Å². The van der Waals surface area contributed by atoms with Crippen LogP contribution in [-0.2, 0) is 4.74 Å². The van der Waals surface area contributed by atoms with Gasteiger partial charge in [0.15, 0.2) is 0 Å². The molecule has 2 heterocycles. The van der Waals surface area contributed by atoms with Crippen LogP contribution < -0.4 is 11.1 Å². The first-order valence-electron chi connectivity index (χ1n) is 5.84. The SMILES string of the molecule is Cc1cc(C(=O)NC[C@H]2CCCO2)n(C(N)=O)n1. The van der Waals surface area contributed by atoms with Crippen LogP contribution >= 0.6 is 0 Å². The highest BCUT2D eigenvalue weighted by Crippen LogP contribution is 2.11. The summed E-state index contributed by atoms with van der Waals surface area (Å²) < 4.78 is 6.30. The minimum Gasteiger partial charge on any atom is -0.376 e. The summed E-state index contributed by atoms with van der Waals surface area (Å²) in [6, 6.07) is 0.751. The molecule has 0 bridgehead atoms. The Hall–Kier alpha value is -1.89. The Bertz CT molecular complexity index is 463. The van der Waals surface area contributed by atoms with Crippen molar-refractivity contribution in [3.63, 3.8) is 0 Å². The molecule has 18 heavy (non-hydrogen) atoms. The summed E-state index contributed by atoms with van der Waals surface area (Å²) in [6.07, 6.45) is 2.01. The van der Waals surface area contributed by atoms with Gasteiger partial charge < -0.3 is 15.8 Å². The maximum atomic E-state index is 11.9. The summed E-state index contributed by atoms with van der Waals surface area (Å²) >= 11 is 0. The average Bonchev–Trinajstić information content (AvgIpc) is 2.94. The van der Waals surface area contributed by atoms with Gasteiger partial charge in [-0.05, 0) is 25.8 Å². The zero-order valence-corrected chi connectivity index (χ0v) is 10.2. The molecule has 0 saturated carbocycles. The van der Waals surface area contributed by atoms with Crippen molar-refractivity contribution < 1.29 is 14.3 Å². The van der Waals surface area contributed by atoms with Crippen LogP contribution in [0.5, 0.6) is 0 Å². The van der Waals surface area contributed by atoms with E-state index in [2.05, 4.69) is 10.4 Å². The number of aromatic nitrogens is 2. The molecular formula is C11H16N4O3. The van der Waals surface area contributed by atoms with Gasteiger partial charge in [-0.15, -0.1) is 0 Å². The first-order chi connectivity index (χ1) is 8.58. The number of amides is 2. The lowest BCUT2D eigenvalue weighted by Crippen LogP contribution is -2.35. The molecule has 1 aromatic heterocycles. The maximum Gasteiger partial charge on any atom is 0.340 e. The van der Waals surface area contributed by atoms with Crippen molar-refractivity contribution >= 4 is 11.9 Å². The smallest absolute Gasteiger partial charge is 0.340 e. The molecule has 1 aromatic rings. The Morgan fingerprint density at radius 1 is 1.67 bits per heavy atom. The molecule has 1 aliphatic rings. The van der Waals surface area contributed by atoms with Gasteiger partial charge in [-0.1, -0.05) is 0 Å².